The van der Waals surface area contributed by atoms with Gasteiger partial charge in [-0.05, 0) is 68.9 Å². The van der Waals surface area contributed by atoms with E-state index in [9.17, 15) is 0 Å². The van der Waals surface area contributed by atoms with Crippen LogP contribution in [-0.4, -0.2) is 11.6 Å². The summed E-state index contributed by atoms with van der Waals surface area (Å²) in [7, 11) is -3.11. The molecule has 4 aliphatic rings. The molecule has 0 saturated carbocycles. The molecule has 0 N–H and O–H groups in total. The highest BCUT2D eigenvalue weighted by atomic mass is 31.2. The molecule has 2 aromatic carbocycles. The maximum Gasteiger partial charge on any atom is 0.349 e. The lowest BCUT2D eigenvalue weighted by Crippen LogP contribution is -2.73. The molecule has 4 saturated heterocycles. The molecule has 4 aliphatic heterocycles. The highest BCUT2D eigenvalue weighted by Gasteiger charge is 2.80. The second kappa shape index (κ2) is 9.06. The van der Waals surface area contributed by atoms with E-state index in [0.717, 1.165) is 11.1 Å². The van der Waals surface area contributed by atoms with Crippen LogP contribution in [0.2, 0.25) is 0 Å². The van der Waals surface area contributed by atoms with Crippen molar-refractivity contribution >= 4 is 17.2 Å². The first kappa shape index (κ1) is 30.6. The summed E-state index contributed by atoms with van der Waals surface area (Å²) in [5.41, 5.74) is 5.15. The molecule has 0 amide bonds. The Bertz CT molecular complexity index is 1240. The molecular weight excluding hydrogens is 538 g/mol. The van der Waals surface area contributed by atoms with E-state index in [-0.39, 0.29) is 21.7 Å². The van der Waals surface area contributed by atoms with Crippen LogP contribution in [0.25, 0.3) is 0 Å². The maximum atomic E-state index is 6.77. The topological polar surface area (TPSA) is 46.2 Å². The Morgan fingerprint density at radius 1 is 0.525 bits per heavy atom. The molecule has 0 aromatic heterocycles. The summed E-state index contributed by atoms with van der Waals surface area (Å²) in [6.07, 6.45) is 0. The predicted molar refractivity (Wildman–Crippen MR) is 165 cm³/mol. The second-order valence-corrected chi connectivity index (χ2v) is 18.5. The van der Waals surface area contributed by atoms with Crippen LogP contribution in [0.3, 0.4) is 0 Å². The minimum atomic E-state index is -1.59. The van der Waals surface area contributed by atoms with Gasteiger partial charge < -0.3 is 4.52 Å². The molecule has 4 heterocycles. The zero-order valence-electron chi connectivity index (χ0n) is 26.9. The third kappa shape index (κ3) is 4.55. The number of hydrogen-bond donors (Lipinski definition) is 0. The summed E-state index contributed by atoms with van der Waals surface area (Å²) in [5, 5.41) is 0. The molecule has 1 spiro atoms. The normalized spacial score (nSPS) is 27.8. The summed E-state index contributed by atoms with van der Waals surface area (Å²) in [5.74, 6) is -1.35. The lowest BCUT2D eigenvalue weighted by molar-refractivity contribution is -0.398. The van der Waals surface area contributed by atoms with Crippen LogP contribution >= 0.6 is 17.2 Å². The average Bonchev–Trinajstić information content (AvgIpc) is 2.75. The molecule has 3 bridgehead atoms. The number of benzene rings is 2. The van der Waals surface area contributed by atoms with Crippen molar-refractivity contribution in [2.24, 2.45) is 0 Å². The fraction of sp³-hybridized carbons (Fsp3) is 0.636. The highest BCUT2D eigenvalue weighted by Crippen LogP contribution is 2.83. The van der Waals surface area contributed by atoms with E-state index in [0.29, 0.717) is 0 Å². The third-order valence-electron chi connectivity index (χ3n) is 8.58. The molecule has 40 heavy (non-hydrogen) atoms. The van der Waals surface area contributed by atoms with Crippen molar-refractivity contribution in [2.45, 2.75) is 136 Å². The largest absolute Gasteiger partial charge is 0.349 e. The monoisotopic (exact) mass is 586 g/mol. The van der Waals surface area contributed by atoms with Crippen molar-refractivity contribution in [2.75, 3.05) is 0 Å². The van der Waals surface area contributed by atoms with E-state index in [4.69, 9.17) is 22.4 Å². The second-order valence-electron chi connectivity index (χ2n) is 16.2. The van der Waals surface area contributed by atoms with E-state index in [1.807, 2.05) is 0 Å². The summed E-state index contributed by atoms with van der Waals surface area (Å²) >= 11 is 0. The quantitative estimate of drug-likeness (QED) is 0.328. The maximum absolute atomic E-state index is 6.77. The van der Waals surface area contributed by atoms with Crippen molar-refractivity contribution in [1.29, 1.82) is 0 Å². The Labute approximate surface area is 244 Å². The minimum absolute atomic E-state index is 0.00518. The summed E-state index contributed by atoms with van der Waals surface area (Å²) in [6, 6.07) is 13.8. The van der Waals surface area contributed by atoms with Crippen molar-refractivity contribution in [3.63, 3.8) is 0 Å². The fourth-order valence-corrected chi connectivity index (χ4v) is 9.14. The standard InChI is InChI=1S/C33H48O5P2/c1-27(2,3)21-15-17-23(25(19-21)29(7,8)9)32(31(13,14)34-39-35-33(32)36-40(37-33)38-39)24-18-16-22(28(4,5)6)20-26(24)30(10,11)12/h15-20H,1-14H3. The average molecular weight is 587 g/mol. The molecule has 1 atom stereocenters. The summed E-state index contributed by atoms with van der Waals surface area (Å²) in [4.78, 5) is 0. The zero-order chi connectivity index (χ0) is 29.9. The van der Waals surface area contributed by atoms with Crippen LogP contribution < -0.4 is 0 Å². The van der Waals surface area contributed by atoms with Gasteiger partial charge >= 0.3 is 23.2 Å². The van der Waals surface area contributed by atoms with Crippen molar-refractivity contribution in [1.82, 2.24) is 0 Å². The zero-order valence-corrected chi connectivity index (χ0v) is 28.7. The van der Waals surface area contributed by atoms with Gasteiger partial charge in [-0.25, -0.2) is 4.31 Å². The summed E-state index contributed by atoms with van der Waals surface area (Å²) in [6.45, 7) is 31.5. The first-order valence-electron chi connectivity index (χ1n) is 14.4. The minimum Gasteiger partial charge on any atom is -0.304 e. The SMILES string of the molecule is CC(C)(C)c1ccc(C2(c3ccc(C(C)(C)C)cc3C(C)(C)C)C(C)(C)OP3OP4OC2(O3)O4)c(C(C)(C)C)c1. The van der Waals surface area contributed by atoms with Crippen LogP contribution in [0.5, 0.6) is 0 Å². The van der Waals surface area contributed by atoms with Crippen LogP contribution in [0, 0.1) is 0 Å². The van der Waals surface area contributed by atoms with Crippen LogP contribution in [0.4, 0.5) is 0 Å². The molecule has 0 aliphatic carbocycles. The Kier molecular flexibility index (Phi) is 6.92. The van der Waals surface area contributed by atoms with Crippen LogP contribution in [0.1, 0.15) is 130 Å². The van der Waals surface area contributed by atoms with Crippen molar-refractivity contribution < 1.29 is 22.4 Å². The van der Waals surface area contributed by atoms with Gasteiger partial charge in [0.2, 0.25) is 0 Å². The molecule has 220 valence electrons. The van der Waals surface area contributed by atoms with Gasteiger partial charge in [-0.1, -0.05) is 119 Å². The Morgan fingerprint density at radius 3 is 1.25 bits per heavy atom. The molecule has 0 radical (unpaired) electrons. The lowest BCUT2D eigenvalue weighted by Gasteiger charge is -2.66. The Morgan fingerprint density at radius 2 is 0.900 bits per heavy atom. The molecule has 4 fully saturated rings. The molecule has 6 rings (SSSR count). The van der Waals surface area contributed by atoms with Gasteiger partial charge in [-0.15, -0.1) is 0 Å². The van der Waals surface area contributed by atoms with E-state index in [1.54, 1.807) is 0 Å². The van der Waals surface area contributed by atoms with E-state index in [2.05, 4.69) is 133 Å². The van der Waals surface area contributed by atoms with Crippen molar-refractivity contribution in [3.8, 4) is 0 Å². The van der Waals surface area contributed by atoms with E-state index in [1.165, 1.54) is 22.3 Å². The summed E-state index contributed by atoms with van der Waals surface area (Å²) < 4.78 is 32.3. The van der Waals surface area contributed by atoms with Gasteiger partial charge in [0.05, 0.1) is 5.60 Å². The van der Waals surface area contributed by atoms with E-state index < -0.39 is 34.2 Å². The number of rotatable bonds is 2. The van der Waals surface area contributed by atoms with Gasteiger partial charge in [0, 0.05) is 0 Å². The predicted octanol–water partition coefficient (Wildman–Crippen LogP) is 10.2. The van der Waals surface area contributed by atoms with Gasteiger partial charge in [-0.2, -0.15) is 0 Å². The molecule has 7 heteroatoms. The Balaban J connectivity index is 1.95. The van der Waals surface area contributed by atoms with Gasteiger partial charge in [0.15, 0.2) is 0 Å². The molecular formula is C33H48O5P2. The third-order valence-corrected chi connectivity index (χ3v) is 11.4. The first-order chi connectivity index (χ1) is 18.0. The molecule has 5 nitrogen and oxygen atoms in total. The van der Waals surface area contributed by atoms with Gasteiger partial charge in [0.1, 0.15) is 5.41 Å². The van der Waals surface area contributed by atoms with E-state index >= 15 is 0 Å². The smallest absolute Gasteiger partial charge is 0.304 e. The van der Waals surface area contributed by atoms with Crippen molar-refractivity contribution in [3.05, 3.63) is 69.8 Å². The first-order valence-corrected chi connectivity index (χ1v) is 16.6. The lowest BCUT2D eigenvalue weighted by atomic mass is 9.56. The van der Waals surface area contributed by atoms with Gasteiger partial charge in [0.25, 0.3) is 0 Å². The van der Waals surface area contributed by atoms with Crippen LogP contribution in [-0.2, 0) is 49.5 Å². The molecule has 1 unspecified atom stereocenters. The Hall–Kier alpha value is -0.900. The molecule has 2 aromatic rings. The van der Waals surface area contributed by atoms with Crippen LogP contribution in [0.15, 0.2) is 36.4 Å². The fourth-order valence-electron chi connectivity index (χ4n) is 6.34. The highest BCUT2D eigenvalue weighted by molar-refractivity contribution is 7.57. The van der Waals surface area contributed by atoms with Gasteiger partial charge in [-0.3, -0.25) is 13.6 Å². The number of hydrogen-bond acceptors (Lipinski definition) is 5.